The number of halogens is 3. The van der Waals surface area contributed by atoms with Crippen LogP contribution < -0.4 is 5.63 Å². The van der Waals surface area contributed by atoms with Crippen molar-refractivity contribution in [1.82, 2.24) is 0 Å². The average Bonchev–Trinajstić information content (AvgIpc) is 2.67. The first-order valence-corrected chi connectivity index (χ1v) is 10.3. The molecule has 0 aliphatic rings. The third kappa shape index (κ3) is 5.03. The van der Waals surface area contributed by atoms with Gasteiger partial charge in [0, 0.05) is 15.8 Å². The Balaban J connectivity index is 2.08. The highest BCUT2D eigenvalue weighted by atomic mass is 32.2. The monoisotopic (exact) mass is 422 g/mol. The molecule has 0 amide bonds. The number of fused-ring (bicyclic) bond motifs is 1. The fourth-order valence-electron chi connectivity index (χ4n) is 3.24. The molecule has 154 valence electrons. The zero-order chi connectivity index (χ0) is 21.0. The quantitative estimate of drug-likeness (QED) is 0.212. The van der Waals surface area contributed by atoms with Crippen molar-refractivity contribution < 1.29 is 22.7 Å². The van der Waals surface area contributed by atoms with E-state index < -0.39 is 17.4 Å². The Morgan fingerprint density at radius 1 is 1.03 bits per heavy atom. The Morgan fingerprint density at radius 3 is 2.52 bits per heavy atom. The number of aliphatic hydroxyl groups excluding tert-OH is 1. The Hall–Kier alpha value is -2.25. The van der Waals surface area contributed by atoms with E-state index in [1.807, 2.05) is 6.92 Å². The van der Waals surface area contributed by atoms with Gasteiger partial charge in [0.15, 0.2) is 0 Å². The second-order valence-corrected chi connectivity index (χ2v) is 7.77. The van der Waals surface area contributed by atoms with Gasteiger partial charge in [-0.3, -0.25) is 0 Å². The zero-order valence-electron chi connectivity index (χ0n) is 15.9. The van der Waals surface area contributed by atoms with Crippen LogP contribution in [0.5, 0.6) is 0 Å². The molecule has 1 aromatic heterocycles. The highest BCUT2D eigenvalue weighted by Crippen LogP contribution is 2.38. The van der Waals surface area contributed by atoms with Crippen molar-refractivity contribution in [3.63, 3.8) is 0 Å². The first-order chi connectivity index (χ1) is 13.8. The standard InChI is InChI=1S/C22H21F3O3S/c1-2-3-4-5-14-6-9-17(19(10-14)22(23,24)25)18-11-15-7-8-16(29-13-26)12-20(15)28-21(18)27/h6-12,26H,2-5,13H2,1H3. The summed E-state index contributed by atoms with van der Waals surface area (Å²) in [5.41, 5.74) is -1.08. The van der Waals surface area contributed by atoms with Gasteiger partial charge in [0.25, 0.3) is 0 Å². The number of rotatable bonds is 7. The molecule has 0 bridgehead atoms. The molecule has 0 unspecified atom stereocenters. The summed E-state index contributed by atoms with van der Waals surface area (Å²) in [4.78, 5) is 13.2. The molecule has 0 spiro atoms. The number of alkyl halides is 3. The minimum absolute atomic E-state index is 0.118. The van der Waals surface area contributed by atoms with Crippen molar-refractivity contribution >= 4 is 22.7 Å². The lowest BCUT2D eigenvalue weighted by Crippen LogP contribution is -2.12. The molecule has 0 fully saturated rings. The molecule has 3 nitrogen and oxygen atoms in total. The molecular formula is C22H21F3O3S. The molecular weight excluding hydrogens is 401 g/mol. The van der Waals surface area contributed by atoms with E-state index in [-0.39, 0.29) is 22.6 Å². The van der Waals surface area contributed by atoms with E-state index in [1.54, 1.807) is 24.3 Å². The van der Waals surface area contributed by atoms with Crippen LogP contribution in [0.1, 0.15) is 37.3 Å². The first-order valence-electron chi connectivity index (χ1n) is 9.35. The Morgan fingerprint density at radius 2 is 1.83 bits per heavy atom. The molecule has 3 aromatic rings. The molecule has 3 rings (SSSR count). The summed E-state index contributed by atoms with van der Waals surface area (Å²) >= 11 is 1.16. The molecule has 29 heavy (non-hydrogen) atoms. The SMILES string of the molecule is CCCCCc1ccc(-c2cc3ccc(SCO)cc3oc2=O)c(C(F)(F)F)c1. The van der Waals surface area contributed by atoms with E-state index in [0.29, 0.717) is 22.3 Å². The van der Waals surface area contributed by atoms with E-state index >= 15 is 0 Å². The van der Waals surface area contributed by atoms with Gasteiger partial charge in [0.1, 0.15) is 5.58 Å². The van der Waals surface area contributed by atoms with Gasteiger partial charge in [-0.2, -0.15) is 13.2 Å². The molecule has 2 aromatic carbocycles. The fraction of sp³-hybridized carbons (Fsp3) is 0.318. The maximum Gasteiger partial charge on any atom is 0.417 e. The number of benzene rings is 2. The number of unbranched alkanes of at least 4 members (excludes halogenated alkanes) is 2. The average molecular weight is 422 g/mol. The van der Waals surface area contributed by atoms with Crippen LogP contribution in [0.3, 0.4) is 0 Å². The Bertz CT molecular complexity index is 1060. The van der Waals surface area contributed by atoms with Crippen LogP contribution in [0.15, 0.2) is 56.6 Å². The van der Waals surface area contributed by atoms with Gasteiger partial charge in [0.2, 0.25) is 0 Å². The minimum Gasteiger partial charge on any atom is -0.422 e. The Labute approximate surface area is 170 Å². The summed E-state index contributed by atoms with van der Waals surface area (Å²) in [5.74, 6) is -0.132. The van der Waals surface area contributed by atoms with Crippen LogP contribution >= 0.6 is 11.8 Å². The normalized spacial score (nSPS) is 11.9. The first kappa shape index (κ1) is 21.5. The second-order valence-electron chi connectivity index (χ2n) is 6.76. The smallest absolute Gasteiger partial charge is 0.417 e. The molecule has 0 saturated carbocycles. The molecule has 1 N–H and O–H groups in total. The third-order valence-corrected chi connectivity index (χ3v) is 5.40. The highest BCUT2D eigenvalue weighted by Gasteiger charge is 2.34. The van der Waals surface area contributed by atoms with Crippen molar-refractivity contribution in [2.75, 3.05) is 5.94 Å². The summed E-state index contributed by atoms with van der Waals surface area (Å²) in [6.45, 7) is 2.04. The third-order valence-electron chi connectivity index (χ3n) is 4.69. The number of hydrogen-bond acceptors (Lipinski definition) is 4. The topological polar surface area (TPSA) is 50.4 Å². The van der Waals surface area contributed by atoms with Gasteiger partial charge in [-0.25, -0.2) is 4.79 Å². The molecule has 1 heterocycles. The van der Waals surface area contributed by atoms with E-state index in [1.165, 1.54) is 12.1 Å². The van der Waals surface area contributed by atoms with Gasteiger partial charge < -0.3 is 9.52 Å². The van der Waals surface area contributed by atoms with E-state index in [2.05, 4.69) is 0 Å². The van der Waals surface area contributed by atoms with Crippen molar-refractivity contribution in [1.29, 1.82) is 0 Å². The van der Waals surface area contributed by atoms with E-state index in [4.69, 9.17) is 9.52 Å². The summed E-state index contributed by atoms with van der Waals surface area (Å²) < 4.78 is 46.5. The molecule has 7 heteroatoms. The number of thioether (sulfide) groups is 1. The number of aryl methyl sites for hydroxylation is 1. The fourth-order valence-corrected chi connectivity index (χ4v) is 3.74. The predicted molar refractivity (Wildman–Crippen MR) is 109 cm³/mol. The minimum atomic E-state index is -4.58. The number of hydrogen-bond donors (Lipinski definition) is 1. The molecule has 0 aliphatic heterocycles. The van der Waals surface area contributed by atoms with Gasteiger partial charge in [0.05, 0.1) is 17.1 Å². The lowest BCUT2D eigenvalue weighted by molar-refractivity contribution is -0.137. The van der Waals surface area contributed by atoms with Crippen LogP contribution in [0.25, 0.3) is 22.1 Å². The van der Waals surface area contributed by atoms with E-state index in [0.717, 1.165) is 37.1 Å². The lowest BCUT2D eigenvalue weighted by Gasteiger charge is -2.15. The van der Waals surface area contributed by atoms with Crippen LogP contribution in [0.2, 0.25) is 0 Å². The lowest BCUT2D eigenvalue weighted by atomic mass is 9.95. The number of aliphatic hydroxyl groups is 1. The van der Waals surface area contributed by atoms with Gasteiger partial charge in [-0.15, -0.1) is 0 Å². The molecule has 0 atom stereocenters. The highest BCUT2D eigenvalue weighted by molar-refractivity contribution is 7.99. The summed E-state index contributed by atoms with van der Waals surface area (Å²) in [6.07, 6.45) is -1.26. The zero-order valence-corrected chi connectivity index (χ0v) is 16.7. The van der Waals surface area contributed by atoms with Gasteiger partial charge in [-0.05, 0) is 42.7 Å². The van der Waals surface area contributed by atoms with Gasteiger partial charge >= 0.3 is 11.8 Å². The molecule has 0 saturated heterocycles. The maximum atomic E-state index is 13.7. The van der Waals surface area contributed by atoms with Crippen molar-refractivity contribution in [2.24, 2.45) is 0 Å². The Kier molecular flexibility index (Phi) is 6.70. The van der Waals surface area contributed by atoms with E-state index in [9.17, 15) is 18.0 Å². The van der Waals surface area contributed by atoms with Crippen LogP contribution in [-0.2, 0) is 12.6 Å². The molecule has 0 aliphatic carbocycles. The van der Waals surface area contributed by atoms with Gasteiger partial charge in [-0.1, -0.05) is 49.7 Å². The maximum absolute atomic E-state index is 13.7. The van der Waals surface area contributed by atoms with Crippen LogP contribution in [0.4, 0.5) is 13.2 Å². The predicted octanol–water partition coefficient (Wildman–Crippen LogP) is 6.25. The summed E-state index contributed by atoms with van der Waals surface area (Å²) in [6, 6.07) is 10.5. The van der Waals surface area contributed by atoms with Crippen molar-refractivity contribution in [3.05, 3.63) is 64.0 Å². The van der Waals surface area contributed by atoms with Crippen molar-refractivity contribution in [3.8, 4) is 11.1 Å². The second kappa shape index (κ2) is 9.05. The summed E-state index contributed by atoms with van der Waals surface area (Å²) in [7, 11) is 0. The van der Waals surface area contributed by atoms with Crippen LogP contribution in [-0.4, -0.2) is 11.0 Å². The van der Waals surface area contributed by atoms with Crippen molar-refractivity contribution in [2.45, 2.75) is 43.7 Å². The largest absolute Gasteiger partial charge is 0.422 e. The summed E-state index contributed by atoms with van der Waals surface area (Å²) in [5, 5.41) is 9.52. The van der Waals surface area contributed by atoms with Crippen LogP contribution in [0, 0.1) is 0 Å². The molecule has 0 radical (unpaired) electrons.